The lowest BCUT2D eigenvalue weighted by Gasteiger charge is -2.34. The van der Waals surface area contributed by atoms with Gasteiger partial charge in [-0.3, -0.25) is 9.59 Å². The van der Waals surface area contributed by atoms with Gasteiger partial charge in [-0.15, -0.1) is 0 Å². The van der Waals surface area contributed by atoms with Crippen LogP contribution in [0.3, 0.4) is 0 Å². The first kappa shape index (κ1) is 29.6. The Bertz CT molecular complexity index is 2010. The monoisotopic (exact) mass is 624 g/mol. The van der Waals surface area contributed by atoms with E-state index in [2.05, 4.69) is 0 Å². The molecule has 7 rings (SSSR count). The maximum Gasteiger partial charge on any atom is 0.193 e. The molecule has 0 fully saturated rings. The Kier molecular flexibility index (Phi) is 7.75. The molecule has 1 aliphatic heterocycles. The number of ether oxygens (including phenoxy) is 4. The molecule has 0 saturated carbocycles. The molecule has 2 bridgehead atoms. The van der Waals surface area contributed by atoms with Gasteiger partial charge in [0.25, 0.3) is 0 Å². The highest BCUT2D eigenvalue weighted by Gasteiger charge is 2.50. The predicted octanol–water partition coefficient (Wildman–Crippen LogP) is 4.62. The minimum Gasteiger partial charge on any atom is -0.497 e. The maximum absolute atomic E-state index is 13.4. The van der Waals surface area contributed by atoms with Crippen molar-refractivity contribution in [1.82, 2.24) is 0 Å². The van der Waals surface area contributed by atoms with Crippen LogP contribution in [0.4, 0.5) is 0 Å². The quantitative estimate of drug-likeness (QED) is 0.252. The van der Waals surface area contributed by atoms with E-state index in [0.717, 1.165) is 22.6 Å². The first-order valence-corrected chi connectivity index (χ1v) is 15.0. The van der Waals surface area contributed by atoms with E-state index in [4.69, 9.17) is 27.8 Å². The van der Waals surface area contributed by atoms with Crippen LogP contribution in [0.2, 0.25) is 0 Å². The standard InChI is InChI=1S/C36H32O10/c1-41-21-9-3-19(4-10-21)7-13-23-15-26(37)25-17-29-30(18-28(25)43-23)46-36-32(39)34-31(35(45-29)33(36)40)27(38)16-24(44-34)14-8-20-5-11-22(42-2)12-6-20/h3-6,9-12,15-18,32-33,35-36,39-40H,7-8,13-14H2,1-2H3/t32-,33+,35-,36+/m0/s1. The second kappa shape index (κ2) is 12.0. The summed E-state index contributed by atoms with van der Waals surface area (Å²) in [5.74, 6) is 2.67. The molecule has 5 aromatic rings. The fourth-order valence-corrected chi connectivity index (χ4v) is 6.06. The van der Waals surface area contributed by atoms with Crippen molar-refractivity contribution in [2.75, 3.05) is 14.2 Å². The summed E-state index contributed by atoms with van der Waals surface area (Å²) in [6.45, 7) is 0. The summed E-state index contributed by atoms with van der Waals surface area (Å²) < 4.78 is 34.8. The number of methoxy groups -OCH3 is 2. The number of aliphatic hydroxyl groups is 2. The normalized spacial score (nSPS) is 19.7. The zero-order valence-corrected chi connectivity index (χ0v) is 25.2. The van der Waals surface area contributed by atoms with Gasteiger partial charge < -0.3 is 38.0 Å². The number of aliphatic hydroxyl groups excluding tert-OH is 2. The van der Waals surface area contributed by atoms with Crippen molar-refractivity contribution in [3.05, 3.63) is 127 Å². The average Bonchev–Trinajstić information content (AvgIpc) is 3.17. The summed E-state index contributed by atoms with van der Waals surface area (Å²) in [6, 6.07) is 21.1. The average molecular weight is 625 g/mol. The number of benzene rings is 3. The minimum absolute atomic E-state index is 0.00934. The van der Waals surface area contributed by atoms with Gasteiger partial charge in [-0.2, -0.15) is 0 Å². The summed E-state index contributed by atoms with van der Waals surface area (Å²) in [7, 11) is 3.21. The lowest BCUT2D eigenvalue weighted by Crippen LogP contribution is -2.47. The van der Waals surface area contributed by atoms with Crippen LogP contribution in [0, 0.1) is 0 Å². The zero-order valence-electron chi connectivity index (χ0n) is 25.2. The third kappa shape index (κ3) is 5.50. The first-order chi connectivity index (χ1) is 22.3. The van der Waals surface area contributed by atoms with Crippen LogP contribution < -0.4 is 29.8 Å². The first-order valence-electron chi connectivity index (χ1n) is 15.0. The number of rotatable bonds is 8. The van der Waals surface area contributed by atoms with Gasteiger partial charge >= 0.3 is 0 Å². The number of hydrogen-bond acceptors (Lipinski definition) is 10. The molecule has 0 amide bonds. The topological polar surface area (TPSA) is 138 Å². The van der Waals surface area contributed by atoms with Gasteiger partial charge in [0.05, 0.1) is 25.2 Å². The van der Waals surface area contributed by atoms with Crippen molar-refractivity contribution < 1.29 is 38.0 Å². The highest BCUT2D eigenvalue weighted by molar-refractivity contribution is 5.81. The molecule has 0 saturated heterocycles. The Morgan fingerprint density at radius 1 is 0.674 bits per heavy atom. The molecule has 10 nitrogen and oxygen atoms in total. The lowest BCUT2D eigenvalue weighted by atomic mass is 9.86. The van der Waals surface area contributed by atoms with Gasteiger partial charge in [0, 0.05) is 31.0 Å². The Balaban J connectivity index is 1.16. The molecule has 0 unspecified atom stereocenters. The second-order valence-corrected chi connectivity index (χ2v) is 11.5. The van der Waals surface area contributed by atoms with Crippen LogP contribution in [0.1, 0.15) is 46.2 Å². The van der Waals surface area contributed by atoms with Crippen LogP contribution >= 0.6 is 0 Å². The third-order valence-corrected chi connectivity index (χ3v) is 8.57. The summed E-state index contributed by atoms with van der Waals surface area (Å²) in [4.78, 5) is 26.6. The Labute approximate surface area is 263 Å². The highest BCUT2D eigenvalue weighted by atomic mass is 16.6. The molecule has 0 radical (unpaired) electrons. The van der Waals surface area contributed by atoms with E-state index in [0.29, 0.717) is 37.2 Å². The van der Waals surface area contributed by atoms with Crippen LogP contribution in [-0.4, -0.2) is 36.6 Å². The van der Waals surface area contributed by atoms with E-state index in [1.165, 1.54) is 24.3 Å². The summed E-state index contributed by atoms with van der Waals surface area (Å²) in [6.07, 6.45) is -3.12. The second-order valence-electron chi connectivity index (χ2n) is 11.5. The van der Waals surface area contributed by atoms with E-state index < -0.39 is 29.8 Å². The summed E-state index contributed by atoms with van der Waals surface area (Å²) in [5.41, 5.74) is 1.66. The van der Waals surface area contributed by atoms with Crippen molar-refractivity contribution >= 4 is 11.0 Å². The molecular weight excluding hydrogens is 592 g/mol. The maximum atomic E-state index is 13.4. The molecule has 1 aliphatic carbocycles. The number of aryl methyl sites for hydroxylation is 4. The Hall–Kier alpha value is -5.06. The molecule has 2 N–H and O–H groups in total. The largest absolute Gasteiger partial charge is 0.497 e. The molecule has 4 atom stereocenters. The van der Waals surface area contributed by atoms with Gasteiger partial charge in [-0.1, -0.05) is 24.3 Å². The van der Waals surface area contributed by atoms with Crippen LogP contribution in [-0.2, 0) is 25.7 Å². The number of hydrogen-bond donors (Lipinski definition) is 2. The zero-order chi connectivity index (χ0) is 31.9. The Morgan fingerprint density at radius 2 is 1.24 bits per heavy atom. The van der Waals surface area contributed by atoms with Crippen LogP contribution in [0.25, 0.3) is 11.0 Å². The van der Waals surface area contributed by atoms with Crippen molar-refractivity contribution in [2.24, 2.45) is 0 Å². The van der Waals surface area contributed by atoms with E-state index in [1.807, 2.05) is 48.5 Å². The summed E-state index contributed by atoms with van der Waals surface area (Å²) in [5, 5.41) is 22.8. The van der Waals surface area contributed by atoms with E-state index in [-0.39, 0.29) is 39.2 Å². The van der Waals surface area contributed by atoms with Gasteiger partial charge in [0.15, 0.2) is 40.7 Å². The Morgan fingerprint density at radius 3 is 1.85 bits per heavy atom. The van der Waals surface area contributed by atoms with Gasteiger partial charge in [-0.25, -0.2) is 0 Å². The van der Waals surface area contributed by atoms with Gasteiger partial charge in [0.2, 0.25) is 0 Å². The predicted molar refractivity (Wildman–Crippen MR) is 167 cm³/mol. The molecule has 0 spiro atoms. The molecule has 236 valence electrons. The molecule has 3 heterocycles. The van der Waals surface area contributed by atoms with E-state index >= 15 is 0 Å². The molecule has 2 aromatic heterocycles. The fourth-order valence-electron chi connectivity index (χ4n) is 6.06. The highest BCUT2D eigenvalue weighted by Crippen LogP contribution is 2.46. The SMILES string of the molecule is COc1ccc(CCc2cc(=O)c3c(o2)[C@H](O)[C@H]2Oc4cc5oc(CCc6ccc(OC)cc6)cc(=O)c5cc4O[C@@H]3[C@H]2O)cc1. The molecule has 46 heavy (non-hydrogen) atoms. The third-order valence-electron chi connectivity index (χ3n) is 8.57. The smallest absolute Gasteiger partial charge is 0.193 e. The fraction of sp³-hybridized carbons (Fsp3) is 0.278. The minimum atomic E-state index is -1.46. The lowest BCUT2D eigenvalue weighted by molar-refractivity contribution is -0.0979. The van der Waals surface area contributed by atoms with Crippen molar-refractivity contribution in [2.45, 2.75) is 50.1 Å². The molecule has 2 aliphatic rings. The van der Waals surface area contributed by atoms with Crippen molar-refractivity contribution in [3.63, 3.8) is 0 Å². The van der Waals surface area contributed by atoms with Gasteiger partial charge in [0.1, 0.15) is 40.5 Å². The summed E-state index contributed by atoms with van der Waals surface area (Å²) >= 11 is 0. The van der Waals surface area contributed by atoms with Crippen molar-refractivity contribution in [3.8, 4) is 23.0 Å². The van der Waals surface area contributed by atoms with Crippen LogP contribution in [0.15, 0.2) is 91.2 Å². The molecular formula is C36H32O10. The number of fused-ring (bicyclic) bond motifs is 6. The van der Waals surface area contributed by atoms with E-state index in [1.54, 1.807) is 14.2 Å². The molecule has 10 heteroatoms. The van der Waals surface area contributed by atoms with Gasteiger partial charge in [-0.05, 0) is 54.3 Å². The van der Waals surface area contributed by atoms with Crippen molar-refractivity contribution in [1.29, 1.82) is 0 Å². The van der Waals surface area contributed by atoms with Crippen LogP contribution in [0.5, 0.6) is 23.0 Å². The molecule has 3 aromatic carbocycles. The van der Waals surface area contributed by atoms with E-state index in [9.17, 15) is 19.8 Å².